The predicted octanol–water partition coefficient (Wildman–Crippen LogP) is 1.83. The molecule has 66 valence electrons. The van der Waals surface area contributed by atoms with E-state index in [9.17, 15) is 4.79 Å². The van der Waals surface area contributed by atoms with Crippen LogP contribution in [0.2, 0.25) is 0 Å². The lowest BCUT2D eigenvalue weighted by molar-refractivity contribution is 0.100. The predicted molar refractivity (Wildman–Crippen MR) is 55.2 cm³/mol. The van der Waals surface area contributed by atoms with Crippen molar-refractivity contribution in [2.45, 2.75) is 0 Å². The standard InChI is InChI=1S/C9H8N2OS/c10-9(12)7-2-1-6-3-4-13-11-8(6)5-7/h1-5,11H,(H2,10,12). The number of amides is 1. The second-order valence-corrected chi connectivity index (χ2v) is 3.40. The molecule has 0 radical (unpaired) electrons. The number of carbonyl (C=O) groups is 1. The first-order chi connectivity index (χ1) is 6.27. The van der Waals surface area contributed by atoms with E-state index in [2.05, 4.69) is 4.72 Å². The van der Waals surface area contributed by atoms with Crippen LogP contribution < -0.4 is 10.5 Å². The molecule has 1 aromatic carbocycles. The van der Waals surface area contributed by atoms with Crippen molar-refractivity contribution < 1.29 is 4.79 Å². The minimum atomic E-state index is -0.399. The smallest absolute Gasteiger partial charge is 0.248 e. The lowest BCUT2D eigenvalue weighted by Crippen LogP contribution is -2.11. The molecule has 0 atom stereocenters. The fourth-order valence-electron chi connectivity index (χ4n) is 1.15. The van der Waals surface area contributed by atoms with Gasteiger partial charge in [0.05, 0.1) is 5.69 Å². The minimum Gasteiger partial charge on any atom is -0.366 e. The van der Waals surface area contributed by atoms with Gasteiger partial charge in [-0.1, -0.05) is 6.07 Å². The summed E-state index contributed by atoms with van der Waals surface area (Å²) in [5.74, 6) is -0.399. The third-order valence-electron chi connectivity index (χ3n) is 1.82. The van der Waals surface area contributed by atoms with E-state index in [1.54, 1.807) is 12.1 Å². The number of nitrogens with one attached hydrogen (secondary N) is 1. The molecule has 1 amide bonds. The first-order valence-electron chi connectivity index (χ1n) is 3.79. The lowest BCUT2D eigenvalue weighted by Gasteiger charge is -2.11. The van der Waals surface area contributed by atoms with Gasteiger partial charge in [-0.3, -0.25) is 4.79 Å². The first-order valence-corrected chi connectivity index (χ1v) is 4.67. The number of fused-ring (bicyclic) bond motifs is 1. The summed E-state index contributed by atoms with van der Waals surface area (Å²) in [6.07, 6.45) is 1.99. The summed E-state index contributed by atoms with van der Waals surface area (Å²) in [5.41, 5.74) is 7.69. The van der Waals surface area contributed by atoms with Crippen LogP contribution in [0.1, 0.15) is 15.9 Å². The monoisotopic (exact) mass is 192 g/mol. The Kier molecular flexibility index (Phi) is 1.98. The van der Waals surface area contributed by atoms with Gasteiger partial charge in [-0.15, -0.1) is 0 Å². The zero-order chi connectivity index (χ0) is 9.26. The number of rotatable bonds is 1. The Morgan fingerprint density at radius 1 is 1.46 bits per heavy atom. The van der Waals surface area contributed by atoms with E-state index in [0.29, 0.717) is 5.56 Å². The first kappa shape index (κ1) is 8.19. The number of hydrogen-bond donors (Lipinski definition) is 2. The molecule has 0 spiro atoms. The van der Waals surface area contributed by atoms with Crippen molar-refractivity contribution >= 4 is 29.6 Å². The number of primary amides is 1. The van der Waals surface area contributed by atoms with E-state index in [1.165, 1.54) is 11.9 Å². The molecule has 0 fully saturated rings. The fraction of sp³-hybridized carbons (Fsp3) is 0. The molecule has 0 saturated heterocycles. The number of hydrogen-bond acceptors (Lipinski definition) is 3. The number of carbonyl (C=O) groups excluding carboxylic acids is 1. The molecule has 4 heteroatoms. The van der Waals surface area contributed by atoms with Crippen LogP contribution in [0.4, 0.5) is 5.69 Å². The SMILES string of the molecule is NC(=O)c1ccc2c(c1)NSC=C2. The van der Waals surface area contributed by atoms with Crippen LogP contribution >= 0.6 is 11.9 Å². The van der Waals surface area contributed by atoms with Gasteiger partial charge in [0.25, 0.3) is 0 Å². The maximum atomic E-state index is 10.9. The summed E-state index contributed by atoms with van der Waals surface area (Å²) in [6, 6.07) is 5.36. The van der Waals surface area contributed by atoms with Crippen LogP contribution in [-0.4, -0.2) is 5.91 Å². The van der Waals surface area contributed by atoms with Gasteiger partial charge in [-0.2, -0.15) is 0 Å². The number of benzene rings is 1. The summed E-state index contributed by atoms with van der Waals surface area (Å²) in [6.45, 7) is 0. The molecule has 1 heterocycles. The molecule has 0 aromatic heterocycles. The van der Waals surface area contributed by atoms with Gasteiger partial charge in [0.2, 0.25) is 5.91 Å². The molecule has 0 unspecified atom stereocenters. The zero-order valence-corrected chi connectivity index (χ0v) is 7.60. The summed E-state index contributed by atoms with van der Waals surface area (Å²) < 4.78 is 3.08. The molecular weight excluding hydrogens is 184 g/mol. The van der Waals surface area contributed by atoms with E-state index >= 15 is 0 Å². The molecular formula is C9H8N2OS. The van der Waals surface area contributed by atoms with E-state index in [-0.39, 0.29) is 0 Å². The van der Waals surface area contributed by atoms with Crippen molar-refractivity contribution in [2.24, 2.45) is 5.73 Å². The summed E-state index contributed by atoms with van der Waals surface area (Å²) in [7, 11) is 0. The maximum absolute atomic E-state index is 10.9. The molecule has 3 N–H and O–H groups in total. The van der Waals surface area contributed by atoms with Gasteiger partial charge in [0.15, 0.2) is 0 Å². The van der Waals surface area contributed by atoms with E-state index < -0.39 is 5.91 Å². The molecule has 1 aliphatic rings. The highest BCUT2D eigenvalue weighted by Crippen LogP contribution is 2.27. The summed E-state index contributed by atoms with van der Waals surface area (Å²) in [5, 5.41) is 1.95. The zero-order valence-electron chi connectivity index (χ0n) is 6.78. The molecule has 1 aliphatic heterocycles. The minimum absolute atomic E-state index is 0.399. The van der Waals surface area contributed by atoms with Crippen LogP contribution in [0.25, 0.3) is 6.08 Å². The average molecular weight is 192 g/mol. The van der Waals surface area contributed by atoms with Gasteiger partial charge >= 0.3 is 0 Å². The van der Waals surface area contributed by atoms with Crippen molar-refractivity contribution in [3.05, 3.63) is 34.7 Å². The third kappa shape index (κ3) is 1.53. The van der Waals surface area contributed by atoms with Crippen LogP contribution in [-0.2, 0) is 0 Å². The van der Waals surface area contributed by atoms with Crippen LogP contribution in [0.5, 0.6) is 0 Å². The van der Waals surface area contributed by atoms with Crippen molar-refractivity contribution in [2.75, 3.05) is 4.72 Å². The summed E-state index contributed by atoms with van der Waals surface area (Å²) >= 11 is 1.48. The Morgan fingerprint density at radius 2 is 2.31 bits per heavy atom. The average Bonchev–Trinajstić information content (AvgIpc) is 2.17. The van der Waals surface area contributed by atoms with Crippen molar-refractivity contribution in [1.29, 1.82) is 0 Å². The Bertz CT molecular complexity index is 387. The van der Waals surface area contributed by atoms with Crippen LogP contribution in [0, 0.1) is 0 Å². The fourth-order valence-corrected chi connectivity index (χ4v) is 1.73. The molecule has 0 bridgehead atoms. The van der Waals surface area contributed by atoms with Crippen LogP contribution in [0.15, 0.2) is 23.6 Å². The highest BCUT2D eigenvalue weighted by Gasteiger charge is 2.07. The Labute approximate surface area is 80.1 Å². The van der Waals surface area contributed by atoms with Gasteiger partial charge in [0.1, 0.15) is 0 Å². The van der Waals surface area contributed by atoms with E-state index in [1.807, 2.05) is 17.6 Å². The van der Waals surface area contributed by atoms with E-state index in [0.717, 1.165) is 11.3 Å². The highest BCUT2D eigenvalue weighted by molar-refractivity contribution is 8.03. The normalized spacial score (nSPS) is 13.2. The van der Waals surface area contributed by atoms with Gasteiger partial charge in [-0.25, -0.2) is 0 Å². The van der Waals surface area contributed by atoms with Crippen molar-refractivity contribution in [1.82, 2.24) is 0 Å². The van der Waals surface area contributed by atoms with Crippen molar-refractivity contribution in [3.8, 4) is 0 Å². The van der Waals surface area contributed by atoms with Gasteiger partial charge in [0, 0.05) is 5.56 Å². The van der Waals surface area contributed by atoms with Crippen LogP contribution in [0.3, 0.4) is 0 Å². The highest BCUT2D eigenvalue weighted by atomic mass is 32.2. The molecule has 0 saturated carbocycles. The van der Waals surface area contributed by atoms with Crippen molar-refractivity contribution in [3.63, 3.8) is 0 Å². The molecule has 13 heavy (non-hydrogen) atoms. The number of nitrogens with two attached hydrogens (primary N) is 1. The maximum Gasteiger partial charge on any atom is 0.248 e. The Morgan fingerprint density at radius 3 is 3.08 bits per heavy atom. The summed E-state index contributed by atoms with van der Waals surface area (Å²) in [4.78, 5) is 10.9. The van der Waals surface area contributed by atoms with Gasteiger partial charge < -0.3 is 10.5 Å². The second-order valence-electron chi connectivity index (χ2n) is 2.69. The molecule has 0 aliphatic carbocycles. The topological polar surface area (TPSA) is 55.1 Å². The molecule has 1 aromatic rings. The molecule has 3 nitrogen and oxygen atoms in total. The molecule has 2 rings (SSSR count). The third-order valence-corrected chi connectivity index (χ3v) is 2.43. The van der Waals surface area contributed by atoms with Gasteiger partial charge in [-0.05, 0) is 41.1 Å². The number of anilines is 1. The second kappa shape index (κ2) is 3.14. The Balaban J connectivity index is 2.48. The lowest BCUT2D eigenvalue weighted by atomic mass is 10.1. The van der Waals surface area contributed by atoms with E-state index in [4.69, 9.17) is 5.73 Å². The Hall–Kier alpha value is -1.42. The quantitative estimate of drug-likeness (QED) is 0.667. The largest absolute Gasteiger partial charge is 0.366 e.